The van der Waals surface area contributed by atoms with Gasteiger partial charge in [-0.05, 0) is 137 Å². The van der Waals surface area contributed by atoms with E-state index in [1.54, 1.807) is 69.2 Å². The topological polar surface area (TPSA) is 185 Å². The minimum Gasteiger partial charge on any atom is -0.462 e. The van der Waals surface area contributed by atoms with Crippen LogP contribution in [0, 0.1) is 0 Å². The molecule has 2 atom stereocenters. The molecule has 0 spiro atoms. The molecule has 0 aromatic heterocycles. The normalized spacial score (nSPS) is 13.7. The maximum absolute atomic E-state index is 14.2. The van der Waals surface area contributed by atoms with Crippen molar-refractivity contribution in [1.82, 2.24) is 0 Å². The summed E-state index contributed by atoms with van der Waals surface area (Å²) in [5, 5.41) is 0. The Morgan fingerprint density at radius 1 is 0.337 bits per heavy atom. The van der Waals surface area contributed by atoms with Gasteiger partial charge in [-0.2, -0.15) is 0 Å². The van der Waals surface area contributed by atoms with Crippen LogP contribution in [-0.2, 0) is 94.6 Å². The van der Waals surface area contributed by atoms with Gasteiger partial charge >= 0.3 is 36.4 Å². The van der Waals surface area contributed by atoms with Crippen LogP contribution in [-0.4, -0.2) is 72.0 Å². The van der Waals surface area contributed by atoms with Gasteiger partial charge in [0.1, 0.15) is 46.8 Å². The molecule has 0 bridgehead atoms. The van der Waals surface area contributed by atoms with Gasteiger partial charge in [-0.15, -0.1) is 0 Å². The summed E-state index contributed by atoms with van der Waals surface area (Å²) in [4.78, 5) is 81.6. The van der Waals surface area contributed by atoms with Crippen LogP contribution >= 0.6 is 0 Å². The van der Waals surface area contributed by atoms with Crippen molar-refractivity contribution < 1.29 is 71.4 Å². The minimum atomic E-state index is -1.19. The second kappa shape index (κ2) is 27.9. The first-order valence-corrected chi connectivity index (χ1v) is 30.5. The maximum atomic E-state index is 14.2. The highest BCUT2D eigenvalue weighted by molar-refractivity contribution is 5.73. The lowest BCUT2D eigenvalue weighted by atomic mass is 9.78. The van der Waals surface area contributed by atoms with Crippen molar-refractivity contribution in [3.05, 3.63) is 86.5 Å². The van der Waals surface area contributed by atoms with Crippen LogP contribution in [0.15, 0.2) is 36.4 Å². The first kappa shape index (κ1) is 74.1. The fourth-order valence-corrected chi connectivity index (χ4v) is 9.32. The predicted octanol–water partition coefficient (Wildman–Crippen LogP) is 17.4. The van der Waals surface area contributed by atoms with Crippen LogP contribution < -0.4 is 14.2 Å². The molecule has 482 valence electrons. The lowest BCUT2D eigenvalue weighted by molar-refractivity contribution is -0.176. The van der Waals surface area contributed by atoms with Crippen LogP contribution in [0.1, 0.15) is 270 Å². The first-order chi connectivity index (χ1) is 38.7. The van der Waals surface area contributed by atoms with Gasteiger partial charge in [0.2, 0.25) is 0 Å². The SMILES string of the molecule is CCC(OC(=O)CCc1cc(C(C)(C)C)c(OC(=O)OC(C)(C)C)c(C(C)(C)C)c1)C(COC(=O)CCc1cc(C(C)(C)C)c(OC(=O)OC(C)(C)C)c(C(C)(C)C)c1)OC(=O)CCc1cc(C(C)(C)C)c(OC(=O)OC(C)(C)C)c(C(C)(C)C)c1. The van der Waals surface area contributed by atoms with E-state index < -0.39 is 104 Å². The van der Waals surface area contributed by atoms with Crippen LogP contribution in [0.4, 0.5) is 14.4 Å². The van der Waals surface area contributed by atoms with Gasteiger partial charge in [-0.1, -0.05) is 168 Å². The van der Waals surface area contributed by atoms with Crippen molar-refractivity contribution >= 4 is 36.4 Å². The van der Waals surface area contributed by atoms with Crippen molar-refractivity contribution in [3.8, 4) is 17.2 Å². The third-order valence-corrected chi connectivity index (χ3v) is 13.7. The van der Waals surface area contributed by atoms with Gasteiger partial charge in [0.15, 0.2) is 6.10 Å². The molecule has 0 radical (unpaired) electrons. The zero-order chi connectivity index (χ0) is 66.3. The van der Waals surface area contributed by atoms with Crippen molar-refractivity contribution in [2.24, 2.45) is 0 Å². The summed E-state index contributed by atoms with van der Waals surface area (Å²) >= 11 is 0. The molecule has 86 heavy (non-hydrogen) atoms. The standard InChI is InChI=1S/C71H108O15/c1-29-52(79-55(73)34-31-44-38-48(65(8,9)10)58(49(39-44)66(11,12)13)82-61(76)85-70(23,24)25)53(80-56(74)35-32-45-40-50(67(14,15)16)59(51(41-45)68(17,18)19)83-62(77)86-71(26,27)28)42-78-54(72)33-30-43-36-46(63(2,3)4)57(47(37-43)64(5,6)7)81-60(75)84-69(20,21)22/h36-41,52-53H,29-35,42H2,1-28H3. The Morgan fingerprint density at radius 3 is 0.767 bits per heavy atom. The lowest BCUT2D eigenvalue weighted by Gasteiger charge is -2.31. The fraction of sp³-hybridized carbons (Fsp3) is 0.662. The maximum Gasteiger partial charge on any atom is 0.514 e. The molecular weight excluding hydrogens is 1090 g/mol. The molecule has 3 aromatic rings. The first-order valence-electron chi connectivity index (χ1n) is 30.5. The minimum absolute atomic E-state index is 0.0503. The summed E-state index contributed by atoms with van der Waals surface area (Å²) in [6.45, 7) is 53.7. The van der Waals surface area contributed by atoms with E-state index in [1.807, 2.05) is 161 Å². The summed E-state index contributed by atoms with van der Waals surface area (Å²) in [7, 11) is 0. The second-order valence-electron chi connectivity index (χ2n) is 31.9. The number of carbonyl (C=O) groups is 6. The molecule has 0 aliphatic heterocycles. The Hall–Kier alpha value is -6.12. The van der Waals surface area contributed by atoms with E-state index in [-0.39, 0.29) is 44.9 Å². The van der Waals surface area contributed by atoms with E-state index in [1.165, 1.54) is 0 Å². The molecule has 0 amide bonds. The molecule has 0 aliphatic rings. The van der Waals surface area contributed by atoms with Gasteiger partial charge in [0, 0.05) is 52.6 Å². The Morgan fingerprint density at radius 2 is 0.558 bits per heavy atom. The van der Waals surface area contributed by atoms with Crippen LogP contribution in [0.3, 0.4) is 0 Å². The molecule has 0 N–H and O–H groups in total. The van der Waals surface area contributed by atoms with Crippen molar-refractivity contribution in [1.29, 1.82) is 0 Å². The van der Waals surface area contributed by atoms with E-state index in [2.05, 4.69) is 0 Å². The molecule has 0 saturated carbocycles. The van der Waals surface area contributed by atoms with E-state index in [9.17, 15) is 28.8 Å². The summed E-state index contributed by atoms with van der Waals surface area (Å²) in [6, 6.07) is 11.6. The number of rotatable bonds is 18. The van der Waals surface area contributed by atoms with Crippen LogP contribution in [0.5, 0.6) is 17.2 Å². The zero-order valence-electron chi connectivity index (χ0n) is 57.9. The van der Waals surface area contributed by atoms with E-state index in [4.69, 9.17) is 42.6 Å². The molecule has 0 fully saturated rings. The van der Waals surface area contributed by atoms with Gasteiger partial charge in [0.05, 0.1) is 0 Å². The molecule has 0 heterocycles. The van der Waals surface area contributed by atoms with Gasteiger partial charge in [-0.25, -0.2) is 14.4 Å². The fourth-order valence-electron chi connectivity index (χ4n) is 9.32. The highest BCUT2D eigenvalue weighted by atomic mass is 16.7. The summed E-state index contributed by atoms with van der Waals surface area (Å²) in [5.74, 6) is -0.512. The highest BCUT2D eigenvalue weighted by Crippen LogP contribution is 2.45. The van der Waals surface area contributed by atoms with Crippen LogP contribution in [0.25, 0.3) is 0 Å². The Labute approximate surface area is 516 Å². The Kier molecular flexibility index (Phi) is 24.1. The molecule has 0 saturated heterocycles. The number of aryl methyl sites for hydroxylation is 3. The number of benzene rings is 3. The third-order valence-electron chi connectivity index (χ3n) is 13.7. The predicted molar refractivity (Wildman–Crippen MR) is 338 cm³/mol. The molecule has 0 aliphatic carbocycles. The summed E-state index contributed by atoms with van der Waals surface area (Å²) in [6.07, 6.45) is -3.85. The largest absolute Gasteiger partial charge is 0.514 e. The number of ether oxygens (including phenoxy) is 9. The smallest absolute Gasteiger partial charge is 0.462 e. The quantitative estimate of drug-likeness (QED) is 0.0665. The molecular formula is C71H108O15. The molecule has 2 unspecified atom stereocenters. The Balaban J connectivity index is 2.05. The van der Waals surface area contributed by atoms with Gasteiger partial charge in [-0.3, -0.25) is 14.4 Å². The van der Waals surface area contributed by atoms with Gasteiger partial charge < -0.3 is 42.6 Å². The van der Waals surface area contributed by atoms with Crippen molar-refractivity contribution in [2.75, 3.05) is 6.61 Å². The average molecular weight is 1200 g/mol. The van der Waals surface area contributed by atoms with E-state index in [0.717, 1.165) is 50.1 Å². The van der Waals surface area contributed by atoms with Crippen molar-refractivity contribution in [3.63, 3.8) is 0 Å². The molecule has 15 heteroatoms. The third kappa shape index (κ3) is 23.9. The van der Waals surface area contributed by atoms with E-state index in [0.29, 0.717) is 17.2 Å². The van der Waals surface area contributed by atoms with Gasteiger partial charge in [0.25, 0.3) is 0 Å². The molecule has 3 rings (SSSR count). The second-order valence-corrected chi connectivity index (χ2v) is 31.9. The zero-order valence-corrected chi connectivity index (χ0v) is 57.9. The number of hydrogen-bond acceptors (Lipinski definition) is 15. The monoisotopic (exact) mass is 1200 g/mol. The van der Waals surface area contributed by atoms with Crippen LogP contribution in [0.2, 0.25) is 0 Å². The number of hydrogen-bond donors (Lipinski definition) is 0. The summed E-state index contributed by atoms with van der Waals surface area (Å²) < 4.78 is 53.0. The highest BCUT2D eigenvalue weighted by Gasteiger charge is 2.36. The summed E-state index contributed by atoms with van der Waals surface area (Å²) in [5.41, 5.74) is 1.79. The number of carbonyl (C=O) groups excluding carboxylic acids is 6. The number of esters is 3. The van der Waals surface area contributed by atoms with E-state index >= 15 is 0 Å². The molecule has 3 aromatic carbocycles. The Bertz CT molecular complexity index is 2770. The lowest BCUT2D eigenvalue weighted by Crippen LogP contribution is -2.39. The van der Waals surface area contributed by atoms with Crippen molar-refractivity contribution in [2.45, 2.75) is 300 Å². The average Bonchev–Trinajstić information content (AvgIpc) is 1.91. The molecule has 15 nitrogen and oxygen atoms in total.